The average Bonchev–Trinajstić information content (AvgIpc) is 3.21. The van der Waals surface area contributed by atoms with Crippen LogP contribution in [0.2, 0.25) is 0 Å². The molecule has 110 valence electrons. The van der Waals surface area contributed by atoms with Gasteiger partial charge in [-0.25, -0.2) is 0 Å². The lowest BCUT2D eigenvalue weighted by Gasteiger charge is -2.16. The topological polar surface area (TPSA) is 51.5 Å². The van der Waals surface area contributed by atoms with Crippen LogP contribution in [0.3, 0.4) is 0 Å². The predicted octanol–water partition coefficient (Wildman–Crippen LogP) is 3.83. The lowest BCUT2D eigenvalue weighted by Crippen LogP contribution is -2.21. The van der Waals surface area contributed by atoms with E-state index in [1.807, 2.05) is 36.4 Å². The van der Waals surface area contributed by atoms with Gasteiger partial charge in [-0.05, 0) is 30.3 Å². The third-order valence-corrected chi connectivity index (χ3v) is 4.76. The highest BCUT2D eigenvalue weighted by atomic mass is 32.1. The van der Waals surface area contributed by atoms with Gasteiger partial charge < -0.3 is 14.5 Å². The van der Waals surface area contributed by atoms with E-state index in [9.17, 15) is 4.79 Å². The molecule has 4 rings (SSSR count). The molecule has 1 N–H and O–H groups in total. The van der Waals surface area contributed by atoms with Crippen LogP contribution in [0.25, 0.3) is 10.4 Å². The Morgan fingerprint density at radius 3 is 3.00 bits per heavy atom. The summed E-state index contributed by atoms with van der Waals surface area (Å²) in [6, 6.07) is 13.5. The number of thiophene rings is 1. The number of hydrogen-bond acceptors (Lipinski definition) is 4. The molecular weight excluding hydrogens is 298 g/mol. The van der Waals surface area contributed by atoms with E-state index >= 15 is 0 Å². The van der Waals surface area contributed by atoms with Gasteiger partial charge in [0.2, 0.25) is 0 Å². The summed E-state index contributed by atoms with van der Waals surface area (Å²) in [7, 11) is 0. The van der Waals surface area contributed by atoms with Gasteiger partial charge in [-0.2, -0.15) is 0 Å². The normalized spacial score (nSPS) is 12.2. The molecule has 1 amide bonds. The van der Waals surface area contributed by atoms with E-state index in [-0.39, 0.29) is 5.91 Å². The van der Waals surface area contributed by atoms with Crippen molar-refractivity contribution in [3.63, 3.8) is 0 Å². The average molecular weight is 311 g/mol. The molecular formula is C17H13NO3S. The van der Waals surface area contributed by atoms with Gasteiger partial charge in [-0.1, -0.05) is 12.1 Å². The maximum absolute atomic E-state index is 12.3. The molecule has 0 atom stereocenters. The highest BCUT2D eigenvalue weighted by molar-refractivity contribution is 7.17. The van der Waals surface area contributed by atoms with Gasteiger partial charge in [0, 0.05) is 16.0 Å². The fourth-order valence-corrected chi connectivity index (χ4v) is 3.59. The van der Waals surface area contributed by atoms with Gasteiger partial charge in [0.05, 0.1) is 17.7 Å². The Morgan fingerprint density at radius 1 is 1.23 bits per heavy atom. The molecule has 1 aliphatic heterocycles. The number of carbonyl (C=O) groups excluding carboxylic acids is 1. The Hall–Kier alpha value is -2.53. The first-order chi connectivity index (χ1) is 10.8. The highest BCUT2D eigenvalue weighted by Gasteiger charge is 2.22. The molecule has 3 aromatic rings. The van der Waals surface area contributed by atoms with Crippen molar-refractivity contribution >= 4 is 17.2 Å². The monoisotopic (exact) mass is 311 g/mol. The quantitative estimate of drug-likeness (QED) is 0.800. The fourth-order valence-electron chi connectivity index (χ4n) is 2.48. The third kappa shape index (κ3) is 2.29. The van der Waals surface area contributed by atoms with Gasteiger partial charge in [-0.3, -0.25) is 4.79 Å². The van der Waals surface area contributed by atoms with E-state index in [1.165, 1.54) is 11.3 Å². The summed E-state index contributed by atoms with van der Waals surface area (Å²) in [5, 5.41) is 2.87. The summed E-state index contributed by atoms with van der Waals surface area (Å²) < 4.78 is 10.9. The number of hydrogen-bond donors (Lipinski definition) is 1. The molecule has 0 spiro atoms. The zero-order valence-corrected chi connectivity index (χ0v) is 12.5. The predicted molar refractivity (Wildman–Crippen MR) is 84.0 cm³/mol. The standard InChI is InChI=1S/C17H13NO3S/c19-17(18-9-12-4-3-7-20-12)15-8-11-10-21-14-6-2-1-5-13(14)16(11)22-15/h1-8H,9-10H2,(H,18,19). The third-order valence-electron chi connectivity index (χ3n) is 3.55. The summed E-state index contributed by atoms with van der Waals surface area (Å²) >= 11 is 1.50. The first-order valence-corrected chi connectivity index (χ1v) is 7.78. The van der Waals surface area contributed by atoms with Crippen LogP contribution in [0, 0.1) is 0 Å². The lowest BCUT2D eigenvalue weighted by atomic mass is 10.1. The Balaban J connectivity index is 1.58. The van der Waals surface area contributed by atoms with Gasteiger partial charge in [0.1, 0.15) is 18.1 Å². The number of amides is 1. The number of rotatable bonds is 3. The molecule has 5 heteroatoms. The summed E-state index contributed by atoms with van der Waals surface area (Å²) in [6.07, 6.45) is 1.60. The molecule has 0 radical (unpaired) electrons. The highest BCUT2D eigenvalue weighted by Crippen LogP contribution is 2.42. The van der Waals surface area contributed by atoms with Crippen molar-refractivity contribution < 1.29 is 13.9 Å². The molecule has 22 heavy (non-hydrogen) atoms. The van der Waals surface area contributed by atoms with Crippen LogP contribution in [0.4, 0.5) is 0 Å². The maximum atomic E-state index is 12.3. The van der Waals surface area contributed by atoms with Crippen LogP contribution in [0.15, 0.2) is 53.1 Å². The minimum Gasteiger partial charge on any atom is -0.488 e. The number of fused-ring (bicyclic) bond motifs is 3. The molecule has 0 bridgehead atoms. The zero-order chi connectivity index (χ0) is 14.9. The minimum atomic E-state index is -0.0896. The largest absolute Gasteiger partial charge is 0.488 e. The van der Waals surface area contributed by atoms with E-state index in [2.05, 4.69) is 5.32 Å². The van der Waals surface area contributed by atoms with E-state index in [1.54, 1.807) is 12.3 Å². The SMILES string of the molecule is O=C(NCc1ccco1)c1cc2c(s1)-c1ccccc1OC2. The molecule has 2 aromatic heterocycles. The van der Waals surface area contributed by atoms with Gasteiger partial charge in [0.15, 0.2) is 0 Å². The van der Waals surface area contributed by atoms with Gasteiger partial charge in [0.25, 0.3) is 5.91 Å². The Kier molecular flexibility index (Phi) is 3.20. The second-order valence-corrected chi connectivity index (χ2v) is 6.06. The smallest absolute Gasteiger partial charge is 0.261 e. The van der Waals surface area contributed by atoms with Gasteiger partial charge in [-0.15, -0.1) is 11.3 Å². The number of para-hydroxylation sites is 1. The summed E-state index contributed by atoms with van der Waals surface area (Å²) in [4.78, 5) is 14.1. The van der Waals surface area contributed by atoms with Crippen molar-refractivity contribution in [3.05, 3.63) is 64.9 Å². The van der Waals surface area contributed by atoms with E-state index < -0.39 is 0 Å². The molecule has 4 nitrogen and oxygen atoms in total. The number of nitrogens with one attached hydrogen (secondary N) is 1. The molecule has 0 saturated carbocycles. The van der Waals surface area contributed by atoms with Crippen molar-refractivity contribution in [2.45, 2.75) is 13.2 Å². The maximum Gasteiger partial charge on any atom is 0.261 e. The second-order valence-electron chi connectivity index (χ2n) is 5.01. The molecule has 0 fully saturated rings. The van der Waals surface area contributed by atoms with Crippen LogP contribution in [-0.2, 0) is 13.2 Å². The summed E-state index contributed by atoms with van der Waals surface area (Å²) in [5.41, 5.74) is 2.12. The first-order valence-electron chi connectivity index (χ1n) is 6.97. The van der Waals surface area contributed by atoms with Gasteiger partial charge >= 0.3 is 0 Å². The molecule has 1 aliphatic rings. The molecule has 0 saturated heterocycles. The van der Waals surface area contributed by atoms with E-state index in [4.69, 9.17) is 9.15 Å². The Labute approximate surface area is 131 Å². The number of ether oxygens (including phenoxy) is 1. The summed E-state index contributed by atoms with van der Waals surface area (Å²) in [5.74, 6) is 1.52. The number of furan rings is 1. The first kappa shape index (κ1) is 13.2. The van der Waals surface area contributed by atoms with Crippen molar-refractivity contribution in [2.75, 3.05) is 0 Å². The van der Waals surface area contributed by atoms with Crippen molar-refractivity contribution in [2.24, 2.45) is 0 Å². The Morgan fingerprint density at radius 2 is 2.14 bits per heavy atom. The summed E-state index contributed by atoms with van der Waals surface area (Å²) in [6.45, 7) is 0.899. The Bertz CT molecular complexity index is 820. The van der Waals surface area contributed by atoms with Crippen LogP contribution >= 0.6 is 11.3 Å². The second kappa shape index (κ2) is 5.35. The van der Waals surface area contributed by atoms with Crippen molar-refractivity contribution in [1.82, 2.24) is 5.32 Å². The fraction of sp³-hybridized carbons (Fsp3) is 0.118. The zero-order valence-electron chi connectivity index (χ0n) is 11.7. The van der Waals surface area contributed by atoms with Crippen LogP contribution in [0.1, 0.15) is 21.0 Å². The molecule has 0 unspecified atom stereocenters. The molecule has 0 aliphatic carbocycles. The van der Waals surface area contributed by atoms with Crippen LogP contribution in [-0.4, -0.2) is 5.91 Å². The minimum absolute atomic E-state index is 0.0896. The van der Waals surface area contributed by atoms with E-state index in [0.29, 0.717) is 18.0 Å². The van der Waals surface area contributed by atoms with Crippen molar-refractivity contribution in [1.29, 1.82) is 0 Å². The van der Waals surface area contributed by atoms with Crippen LogP contribution < -0.4 is 10.1 Å². The van der Waals surface area contributed by atoms with E-state index in [0.717, 1.165) is 27.5 Å². The molecule has 1 aromatic carbocycles. The number of benzene rings is 1. The lowest BCUT2D eigenvalue weighted by molar-refractivity contribution is 0.0952. The molecule has 3 heterocycles. The van der Waals surface area contributed by atoms with Crippen molar-refractivity contribution in [3.8, 4) is 16.2 Å². The van der Waals surface area contributed by atoms with Crippen LogP contribution in [0.5, 0.6) is 5.75 Å². The number of carbonyl (C=O) groups is 1.